The second-order valence-corrected chi connectivity index (χ2v) is 5.19. The average molecular weight is 248 g/mol. The molecule has 1 heterocycles. The van der Waals surface area contributed by atoms with Crippen LogP contribution >= 0.6 is 0 Å². The summed E-state index contributed by atoms with van der Waals surface area (Å²) in [4.78, 5) is 13.6. The van der Waals surface area contributed by atoms with Crippen LogP contribution in [0.25, 0.3) is 0 Å². The largest absolute Gasteiger partial charge is 0.440 e. The molecular formula is C14H20N2O2. The number of cyclic esters (lactones) is 1. The summed E-state index contributed by atoms with van der Waals surface area (Å²) in [6.45, 7) is 5.91. The van der Waals surface area contributed by atoms with Crippen molar-refractivity contribution in [2.45, 2.75) is 26.0 Å². The van der Waals surface area contributed by atoms with Crippen LogP contribution in [0.1, 0.15) is 18.1 Å². The summed E-state index contributed by atoms with van der Waals surface area (Å²) in [6.07, 6.45) is -0.228. The van der Waals surface area contributed by atoms with Gasteiger partial charge in [0.15, 0.2) is 0 Å². The third-order valence-electron chi connectivity index (χ3n) is 3.16. The molecule has 0 saturated carbocycles. The van der Waals surface area contributed by atoms with Crippen molar-refractivity contribution in [3.05, 3.63) is 35.4 Å². The number of hydrogen-bond donors (Lipinski definition) is 1. The molecule has 0 spiro atoms. The molecule has 4 heteroatoms. The summed E-state index contributed by atoms with van der Waals surface area (Å²) in [7, 11) is 1.86. The molecule has 1 amide bonds. The van der Waals surface area contributed by atoms with Crippen LogP contribution in [0.5, 0.6) is 0 Å². The Labute approximate surface area is 108 Å². The van der Waals surface area contributed by atoms with E-state index in [0.717, 1.165) is 5.56 Å². The van der Waals surface area contributed by atoms with Gasteiger partial charge in [0, 0.05) is 13.1 Å². The summed E-state index contributed by atoms with van der Waals surface area (Å²) in [5, 5.41) is 3.06. The molecular weight excluding hydrogens is 228 g/mol. The van der Waals surface area contributed by atoms with E-state index < -0.39 is 5.60 Å². The average Bonchev–Trinajstić information content (AvgIpc) is 2.57. The van der Waals surface area contributed by atoms with Crippen molar-refractivity contribution in [3.63, 3.8) is 0 Å². The van der Waals surface area contributed by atoms with Crippen LogP contribution in [0.4, 0.5) is 4.79 Å². The number of aryl methyl sites for hydroxylation is 1. The Morgan fingerprint density at radius 3 is 2.67 bits per heavy atom. The summed E-state index contributed by atoms with van der Waals surface area (Å²) in [6, 6.07) is 8.22. The number of carbonyl (C=O) groups excluding carboxylic acids is 1. The van der Waals surface area contributed by atoms with Crippen molar-refractivity contribution < 1.29 is 9.53 Å². The molecule has 18 heavy (non-hydrogen) atoms. The summed E-state index contributed by atoms with van der Waals surface area (Å²) >= 11 is 0. The molecule has 0 aliphatic carbocycles. The first-order valence-electron chi connectivity index (χ1n) is 6.20. The number of likely N-dealkylation sites (N-methyl/N-ethyl adjacent to an activating group) is 1. The highest BCUT2D eigenvalue weighted by atomic mass is 16.6. The Hall–Kier alpha value is -1.55. The van der Waals surface area contributed by atoms with Gasteiger partial charge in [0.1, 0.15) is 5.60 Å². The number of nitrogens with zero attached hydrogens (tertiary/aromatic N) is 1. The normalized spacial score (nSPS) is 23.3. The van der Waals surface area contributed by atoms with Crippen molar-refractivity contribution in [2.75, 3.05) is 20.1 Å². The summed E-state index contributed by atoms with van der Waals surface area (Å²) in [5.41, 5.74) is 1.94. The fourth-order valence-electron chi connectivity index (χ4n) is 2.28. The zero-order chi connectivity index (χ0) is 13.2. The fourth-order valence-corrected chi connectivity index (χ4v) is 2.28. The second kappa shape index (κ2) is 4.98. The molecule has 0 bridgehead atoms. The predicted molar refractivity (Wildman–Crippen MR) is 70.4 cm³/mol. The van der Waals surface area contributed by atoms with E-state index in [9.17, 15) is 4.79 Å². The molecule has 1 N–H and O–H groups in total. The van der Waals surface area contributed by atoms with Crippen LogP contribution in [0, 0.1) is 6.92 Å². The van der Waals surface area contributed by atoms with E-state index in [2.05, 4.69) is 36.5 Å². The minimum Gasteiger partial charge on any atom is -0.440 e. The molecule has 1 aliphatic heterocycles. The summed E-state index contributed by atoms with van der Waals surface area (Å²) < 4.78 is 5.42. The van der Waals surface area contributed by atoms with Crippen molar-refractivity contribution in [1.29, 1.82) is 0 Å². The highest BCUT2D eigenvalue weighted by Crippen LogP contribution is 2.23. The Bertz CT molecular complexity index is 430. The number of carbonyl (C=O) groups is 1. The molecule has 1 saturated heterocycles. The number of benzene rings is 1. The van der Waals surface area contributed by atoms with Crippen LogP contribution in [0.15, 0.2) is 24.3 Å². The number of amides is 1. The second-order valence-electron chi connectivity index (χ2n) is 5.19. The van der Waals surface area contributed by atoms with Gasteiger partial charge in [-0.25, -0.2) is 4.79 Å². The minimum absolute atomic E-state index is 0.228. The zero-order valence-electron chi connectivity index (χ0n) is 11.2. The van der Waals surface area contributed by atoms with Crippen LogP contribution in [0.3, 0.4) is 0 Å². The lowest BCUT2D eigenvalue weighted by molar-refractivity contribution is 0.0729. The van der Waals surface area contributed by atoms with Crippen LogP contribution in [-0.2, 0) is 11.3 Å². The van der Waals surface area contributed by atoms with E-state index in [1.54, 1.807) is 4.90 Å². The molecule has 1 fully saturated rings. The van der Waals surface area contributed by atoms with E-state index >= 15 is 0 Å². The first kappa shape index (κ1) is 12.9. The lowest BCUT2D eigenvalue weighted by Gasteiger charge is -2.21. The van der Waals surface area contributed by atoms with Gasteiger partial charge in [0.2, 0.25) is 0 Å². The van der Waals surface area contributed by atoms with Crippen molar-refractivity contribution >= 4 is 6.09 Å². The number of rotatable bonds is 4. The van der Waals surface area contributed by atoms with E-state index in [0.29, 0.717) is 19.6 Å². The first-order chi connectivity index (χ1) is 8.52. The maximum absolute atomic E-state index is 11.8. The quantitative estimate of drug-likeness (QED) is 0.885. The van der Waals surface area contributed by atoms with Gasteiger partial charge in [-0.15, -0.1) is 0 Å². The molecule has 4 nitrogen and oxygen atoms in total. The zero-order valence-corrected chi connectivity index (χ0v) is 11.2. The Balaban J connectivity index is 2.02. The molecule has 1 atom stereocenters. The van der Waals surface area contributed by atoms with Crippen molar-refractivity contribution in [2.24, 2.45) is 0 Å². The van der Waals surface area contributed by atoms with Gasteiger partial charge in [-0.05, 0) is 26.5 Å². The molecule has 0 aromatic heterocycles. The van der Waals surface area contributed by atoms with Gasteiger partial charge < -0.3 is 10.1 Å². The van der Waals surface area contributed by atoms with Crippen LogP contribution in [0.2, 0.25) is 0 Å². The lowest BCUT2D eigenvalue weighted by atomic mass is 10.1. The molecule has 98 valence electrons. The maximum atomic E-state index is 11.8. The van der Waals surface area contributed by atoms with E-state index in [-0.39, 0.29) is 6.09 Å². The SMILES string of the molecule is CNCC1(C)CN(Cc2ccc(C)cc2)C(=O)O1. The predicted octanol–water partition coefficient (Wildman–Crippen LogP) is 1.93. The maximum Gasteiger partial charge on any atom is 0.410 e. The lowest BCUT2D eigenvalue weighted by Crippen LogP contribution is -2.40. The topological polar surface area (TPSA) is 41.6 Å². The van der Waals surface area contributed by atoms with Gasteiger partial charge in [-0.1, -0.05) is 29.8 Å². The fraction of sp³-hybridized carbons (Fsp3) is 0.500. The number of ether oxygens (including phenoxy) is 1. The molecule has 1 unspecified atom stereocenters. The molecule has 2 rings (SSSR count). The van der Waals surface area contributed by atoms with E-state index in [1.165, 1.54) is 5.56 Å². The number of nitrogens with one attached hydrogen (secondary N) is 1. The van der Waals surface area contributed by atoms with E-state index in [4.69, 9.17) is 4.74 Å². The third kappa shape index (κ3) is 2.82. The van der Waals surface area contributed by atoms with Gasteiger partial charge in [-0.3, -0.25) is 4.90 Å². The first-order valence-corrected chi connectivity index (χ1v) is 6.20. The van der Waals surface area contributed by atoms with Crippen LogP contribution in [-0.4, -0.2) is 36.7 Å². The Morgan fingerprint density at radius 2 is 2.06 bits per heavy atom. The monoisotopic (exact) mass is 248 g/mol. The van der Waals surface area contributed by atoms with Gasteiger partial charge in [-0.2, -0.15) is 0 Å². The highest BCUT2D eigenvalue weighted by molar-refractivity contribution is 5.70. The molecule has 1 aromatic carbocycles. The van der Waals surface area contributed by atoms with E-state index in [1.807, 2.05) is 14.0 Å². The van der Waals surface area contributed by atoms with Crippen molar-refractivity contribution in [3.8, 4) is 0 Å². The highest BCUT2D eigenvalue weighted by Gasteiger charge is 2.40. The van der Waals surface area contributed by atoms with Gasteiger partial charge in [0.25, 0.3) is 0 Å². The third-order valence-corrected chi connectivity index (χ3v) is 3.16. The van der Waals surface area contributed by atoms with Gasteiger partial charge in [0.05, 0.1) is 6.54 Å². The Kier molecular flexibility index (Phi) is 3.57. The molecule has 1 aromatic rings. The summed E-state index contributed by atoms with van der Waals surface area (Å²) in [5.74, 6) is 0. The van der Waals surface area contributed by atoms with Crippen LogP contribution < -0.4 is 5.32 Å². The standard InChI is InChI=1S/C14H20N2O2/c1-11-4-6-12(7-5-11)8-16-10-14(2,9-15-3)18-13(16)17/h4-7,15H,8-10H2,1-3H3. The minimum atomic E-state index is -0.420. The van der Waals surface area contributed by atoms with Gasteiger partial charge >= 0.3 is 6.09 Å². The smallest absolute Gasteiger partial charge is 0.410 e. The number of hydrogen-bond acceptors (Lipinski definition) is 3. The molecule has 0 radical (unpaired) electrons. The Morgan fingerprint density at radius 1 is 1.39 bits per heavy atom. The molecule has 1 aliphatic rings. The van der Waals surface area contributed by atoms with Crippen molar-refractivity contribution in [1.82, 2.24) is 10.2 Å².